The van der Waals surface area contributed by atoms with Gasteiger partial charge in [0, 0.05) is 64.9 Å². The summed E-state index contributed by atoms with van der Waals surface area (Å²) < 4.78 is 13.9. The molecule has 4 heterocycles. The number of carbonyl (C=O) groups is 1. The van der Waals surface area contributed by atoms with E-state index in [1.54, 1.807) is 19.0 Å². The summed E-state index contributed by atoms with van der Waals surface area (Å²) in [5.74, 6) is 0.993. The Kier molecular flexibility index (Phi) is 4.82. The highest BCUT2D eigenvalue weighted by atomic mass is 16.5. The van der Waals surface area contributed by atoms with Crippen LogP contribution in [-0.4, -0.2) is 64.9 Å². The fraction of sp³-hybridized carbons (Fsp3) is 0.565. The van der Waals surface area contributed by atoms with Crippen LogP contribution in [0.5, 0.6) is 5.75 Å². The van der Waals surface area contributed by atoms with Gasteiger partial charge in [-0.15, -0.1) is 0 Å². The Morgan fingerprint density at radius 3 is 2.83 bits per heavy atom. The molecule has 0 bridgehead atoms. The predicted molar refractivity (Wildman–Crippen MR) is 113 cm³/mol. The number of fused-ring (bicyclic) bond motifs is 2. The standard InChI is InChI=1S/C23H30N4O3/c1-25(2)22(28)21-18-15-30-23(13-19(18)26(3)24-21)7-9-27(10-8-23)14-16-4-5-20-17(12-16)6-11-29-20/h4-5,12H,6-11,13-15H2,1-3H3. The van der Waals surface area contributed by atoms with E-state index < -0.39 is 0 Å². The predicted octanol–water partition coefficient (Wildman–Crippen LogP) is 2.16. The molecule has 1 aromatic carbocycles. The van der Waals surface area contributed by atoms with Gasteiger partial charge >= 0.3 is 0 Å². The zero-order chi connectivity index (χ0) is 20.9. The van der Waals surface area contributed by atoms with E-state index >= 15 is 0 Å². The highest BCUT2D eigenvalue weighted by Gasteiger charge is 2.41. The molecule has 0 atom stereocenters. The molecule has 7 nitrogen and oxygen atoms in total. The van der Waals surface area contributed by atoms with Crippen LogP contribution in [0, 0.1) is 0 Å². The van der Waals surface area contributed by atoms with Gasteiger partial charge in [-0.25, -0.2) is 0 Å². The topological polar surface area (TPSA) is 59.8 Å². The summed E-state index contributed by atoms with van der Waals surface area (Å²) in [5, 5.41) is 4.52. The van der Waals surface area contributed by atoms with E-state index in [0.717, 1.165) is 68.9 Å². The summed E-state index contributed by atoms with van der Waals surface area (Å²) in [6, 6.07) is 6.61. The van der Waals surface area contributed by atoms with Gasteiger partial charge in [-0.05, 0) is 30.0 Å². The maximum absolute atomic E-state index is 12.5. The second-order valence-corrected chi connectivity index (χ2v) is 9.06. The number of hydrogen-bond acceptors (Lipinski definition) is 5. The molecular formula is C23H30N4O3. The fourth-order valence-corrected chi connectivity index (χ4v) is 4.98. The molecule has 1 amide bonds. The van der Waals surface area contributed by atoms with Crippen molar-refractivity contribution in [1.29, 1.82) is 0 Å². The van der Waals surface area contributed by atoms with Crippen molar-refractivity contribution in [2.75, 3.05) is 33.8 Å². The molecule has 7 heteroatoms. The minimum Gasteiger partial charge on any atom is -0.493 e. The highest BCUT2D eigenvalue weighted by Crippen LogP contribution is 2.38. The lowest BCUT2D eigenvalue weighted by Crippen LogP contribution is -2.49. The first kappa shape index (κ1) is 19.6. The summed E-state index contributed by atoms with van der Waals surface area (Å²) >= 11 is 0. The number of nitrogens with zero attached hydrogens (tertiary/aromatic N) is 4. The van der Waals surface area contributed by atoms with Gasteiger partial charge in [0.05, 0.1) is 18.8 Å². The fourth-order valence-electron chi connectivity index (χ4n) is 4.98. The SMILES string of the molecule is CN(C)C(=O)c1nn(C)c2c1COC1(CCN(Cc3ccc4c(c3)CCO4)CC1)C2. The second-order valence-electron chi connectivity index (χ2n) is 9.06. The Labute approximate surface area is 177 Å². The second kappa shape index (κ2) is 7.39. The van der Waals surface area contributed by atoms with Crippen molar-refractivity contribution in [3.8, 4) is 5.75 Å². The number of benzene rings is 1. The maximum Gasteiger partial charge on any atom is 0.274 e. The minimum absolute atomic E-state index is 0.0547. The van der Waals surface area contributed by atoms with E-state index in [9.17, 15) is 4.79 Å². The van der Waals surface area contributed by atoms with Crippen LogP contribution in [-0.2, 0) is 37.8 Å². The Morgan fingerprint density at radius 1 is 1.27 bits per heavy atom. The lowest BCUT2D eigenvalue weighted by atomic mass is 9.83. The third-order valence-corrected chi connectivity index (χ3v) is 6.82. The van der Waals surface area contributed by atoms with E-state index in [1.165, 1.54) is 11.1 Å². The van der Waals surface area contributed by atoms with Gasteiger partial charge in [0.2, 0.25) is 0 Å². The van der Waals surface area contributed by atoms with Gasteiger partial charge in [-0.3, -0.25) is 14.4 Å². The van der Waals surface area contributed by atoms with Crippen LogP contribution < -0.4 is 4.74 Å². The summed E-state index contributed by atoms with van der Waals surface area (Å²) in [6.07, 6.45) is 3.85. The first-order valence-electron chi connectivity index (χ1n) is 10.8. The number of amides is 1. The van der Waals surface area contributed by atoms with Crippen molar-refractivity contribution >= 4 is 5.91 Å². The van der Waals surface area contributed by atoms with Crippen molar-refractivity contribution in [1.82, 2.24) is 19.6 Å². The van der Waals surface area contributed by atoms with Crippen molar-refractivity contribution in [3.63, 3.8) is 0 Å². The Balaban J connectivity index is 1.25. The monoisotopic (exact) mass is 410 g/mol. The van der Waals surface area contributed by atoms with E-state index in [4.69, 9.17) is 9.47 Å². The number of rotatable bonds is 3. The van der Waals surface area contributed by atoms with Crippen LogP contribution in [0.1, 0.15) is 45.7 Å². The molecule has 0 saturated carbocycles. The lowest BCUT2D eigenvalue weighted by Gasteiger charge is -2.44. The average molecular weight is 411 g/mol. The van der Waals surface area contributed by atoms with Gasteiger partial charge in [0.15, 0.2) is 5.69 Å². The number of hydrogen-bond donors (Lipinski definition) is 0. The summed E-state index contributed by atoms with van der Waals surface area (Å²) in [4.78, 5) is 16.6. The minimum atomic E-state index is -0.137. The first-order valence-corrected chi connectivity index (χ1v) is 10.8. The third kappa shape index (κ3) is 3.40. The van der Waals surface area contributed by atoms with Crippen LogP contribution in [0.2, 0.25) is 0 Å². The lowest BCUT2D eigenvalue weighted by molar-refractivity contribution is -0.104. The molecule has 0 aliphatic carbocycles. The molecule has 1 aromatic heterocycles. The Morgan fingerprint density at radius 2 is 2.07 bits per heavy atom. The van der Waals surface area contributed by atoms with Gasteiger partial charge in [-0.1, -0.05) is 12.1 Å². The number of likely N-dealkylation sites (tertiary alicyclic amines) is 1. The molecule has 160 valence electrons. The van der Waals surface area contributed by atoms with Crippen molar-refractivity contribution in [2.45, 2.75) is 44.4 Å². The zero-order valence-corrected chi connectivity index (χ0v) is 18.1. The largest absolute Gasteiger partial charge is 0.493 e. The molecular weight excluding hydrogens is 380 g/mol. The highest BCUT2D eigenvalue weighted by molar-refractivity contribution is 5.93. The van der Waals surface area contributed by atoms with Crippen LogP contribution in [0.15, 0.2) is 18.2 Å². The molecule has 0 unspecified atom stereocenters. The molecule has 1 saturated heterocycles. The average Bonchev–Trinajstić information content (AvgIpc) is 3.33. The Bertz CT molecular complexity index is 973. The summed E-state index contributed by atoms with van der Waals surface area (Å²) in [5.41, 5.74) is 5.21. The van der Waals surface area contributed by atoms with Gasteiger partial charge in [-0.2, -0.15) is 5.10 Å². The van der Waals surface area contributed by atoms with E-state index in [1.807, 2.05) is 11.7 Å². The number of piperidine rings is 1. The molecule has 30 heavy (non-hydrogen) atoms. The van der Waals surface area contributed by atoms with E-state index in [0.29, 0.717) is 12.3 Å². The van der Waals surface area contributed by atoms with Crippen molar-refractivity contribution in [3.05, 3.63) is 46.3 Å². The molecule has 3 aliphatic rings. The molecule has 1 spiro atoms. The van der Waals surface area contributed by atoms with Gasteiger partial charge in [0.1, 0.15) is 5.75 Å². The van der Waals surface area contributed by atoms with Gasteiger partial charge < -0.3 is 14.4 Å². The van der Waals surface area contributed by atoms with E-state index in [2.05, 4.69) is 28.2 Å². The quantitative estimate of drug-likeness (QED) is 0.776. The molecule has 2 aromatic rings. The van der Waals surface area contributed by atoms with E-state index in [-0.39, 0.29) is 11.5 Å². The number of ether oxygens (including phenoxy) is 2. The van der Waals surface area contributed by atoms with Crippen LogP contribution in [0.3, 0.4) is 0 Å². The zero-order valence-electron chi connectivity index (χ0n) is 18.1. The molecule has 3 aliphatic heterocycles. The van der Waals surface area contributed by atoms with Crippen molar-refractivity contribution < 1.29 is 14.3 Å². The normalized spacial score (nSPS) is 20.0. The van der Waals surface area contributed by atoms with Gasteiger partial charge in [0.25, 0.3) is 5.91 Å². The number of carbonyl (C=O) groups excluding carboxylic acids is 1. The first-order chi connectivity index (χ1) is 14.4. The smallest absolute Gasteiger partial charge is 0.274 e. The summed E-state index contributed by atoms with van der Waals surface area (Å²) in [6.45, 7) is 4.29. The molecule has 0 radical (unpaired) electrons. The van der Waals surface area contributed by atoms with Crippen LogP contribution in [0.4, 0.5) is 0 Å². The third-order valence-electron chi connectivity index (χ3n) is 6.82. The van der Waals surface area contributed by atoms with Crippen molar-refractivity contribution in [2.24, 2.45) is 7.05 Å². The molecule has 1 fully saturated rings. The Hall–Kier alpha value is -2.38. The van der Waals surface area contributed by atoms with Crippen LogP contribution in [0.25, 0.3) is 0 Å². The molecule has 5 rings (SSSR count). The number of aromatic nitrogens is 2. The number of aryl methyl sites for hydroxylation is 1. The maximum atomic E-state index is 12.5. The molecule has 0 N–H and O–H groups in total. The summed E-state index contributed by atoms with van der Waals surface area (Å²) in [7, 11) is 5.47. The van der Waals surface area contributed by atoms with Crippen LogP contribution >= 0.6 is 0 Å².